The first-order valence-electron chi connectivity index (χ1n) is 6.83. The van der Waals surface area contributed by atoms with E-state index >= 15 is 0 Å². The van der Waals surface area contributed by atoms with E-state index < -0.39 is 10.0 Å². The summed E-state index contributed by atoms with van der Waals surface area (Å²) in [7, 11) is -3.15. The van der Waals surface area contributed by atoms with Gasteiger partial charge >= 0.3 is 0 Å². The molecule has 0 aliphatic carbocycles. The fourth-order valence-electron chi connectivity index (χ4n) is 2.33. The van der Waals surface area contributed by atoms with Crippen LogP contribution in [-0.2, 0) is 21.2 Å². The lowest BCUT2D eigenvalue weighted by Gasteiger charge is -2.33. The first-order valence-corrected chi connectivity index (χ1v) is 9.06. The maximum absolute atomic E-state index is 12.1. The standard InChI is InChI=1S/C14H19ClN2O3S/c1-21(19,20)17-10-8-16(9-11-17)14(18)7-4-12-2-5-13(15)6-3-12/h2-3,5-6H,4,7-11H2,1H3. The average Bonchev–Trinajstić information content (AvgIpc) is 2.45. The summed E-state index contributed by atoms with van der Waals surface area (Å²) < 4.78 is 24.2. The number of rotatable bonds is 4. The molecule has 0 atom stereocenters. The Balaban J connectivity index is 1.81. The molecule has 1 aromatic rings. The number of halogens is 1. The fraction of sp³-hybridized carbons (Fsp3) is 0.500. The van der Waals surface area contributed by atoms with Crippen LogP contribution in [0.4, 0.5) is 0 Å². The molecule has 1 aliphatic heterocycles. The maximum atomic E-state index is 12.1. The minimum atomic E-state index is -3.15. The number of carbonyl (C=O) groups excluding carboxylic acids is 1. The third kappa shape index (κ3) is 4.69. The maximum Gasteiger partial charge on any atom is 0.222 e. The number of hydrogen-bond acceptors (Lipinski definition) is 3. The molecule has 0 bridgehead atoms. The van der Waals surface area contributed by atoms with E-state index in [1.165, 1.54) is 10.6 Å². The number of benzene rings is 1. The largest absolute Gasteiger partial charge is 0.340 e. The van der Waals surface area contributed by atoms with Crippen LogP contribution in [-0.4, -0.2) is 56.0 Å². The van der Waals surface area contributed by atoms with E-state index in [0.717, 1.165) is 5.56 Å². The number of nitrogens with zero attached hydrogens (tertiary/aromatic N) is 2. The van der Waals surface area contributed by atoms with Gasteiger partial charge in [0, 0.05) is 37.6 Å². The van der Waals surface area contributed by atoms with Crippen molar-refractivity contribution in [2.24, 2.45) is 0 Å². The summed E-state index contributed by atoms with van der Waals surface area (Å²) in [5.74, 6) is 0.0677. The molecule has 1 saturated heterocycles. The molecule has 1 fully saturated rings. The molecule has 1 aliphatic rings. The summed E-state index contributed by atoms with van der Waals surface area (Å²) >= 11 is 5.82. The minimum absolute atomic E-state index is 0.0677. The predicted molar refractivity (Wildman–Crippen MR) is 82.8 cm³/mol. The molecule has 5 nitrogen and oxygen atoms in total. The van der Waals surface area contributed by atoms with Gasteiger partial charge in [0.15, 0.2) is 0 Å². The van der Waals surface area contributed by atoms with E-state index in [9.17, 15) is 13.2 Å². The number of carbonyl (C=O) groups is 1. The Labute approximate surface area is 130 Å². The molecular weight excluding hydrogens is 312 g/mol. The Hall–Kier alpha value is -1.11. The average molecular weight is 331 g/mol. The normalized spacial score (nSPS) is 17.0. The van der Waals surface area contributed by atoms with Crippen molar-refractivity contribution in [3.05, 3.63) is 34.9 Å². The molecule has 0 aromatic heterocycles. The second-order valence-corrected chi connectivity index (χ2v) is 7.59. The molecule has 0 unspecified atom stereocenters. The minimum Gasteiger partial charge on any atom is -0.340 e. The van der Waals surface area contributed by atoms with E-state index in [2.05, 4.69) is 0 Å². The van der Waals surface area contributed by atoms with Crippen LogP contribution in [0.1, 0.15) is 12.0 Å². The number of aryl methyl sites for hydroxylation is 1. The third-order valence-corrected chi connectivity index (χ3v) is 5.16. The fourth-order valence-corrected chi connectivity index (χ4v) is 3.28. The lowest BCUT2D eigenvalue weighted by atomic mass is 10.1. The number of sulfonamides is 1. The number of piperazine rings is 1. The van der Waals surface area contributed by atoms with Gasteiger partial charge < -0.3 is 4.90 Å². The van der Waals surface area contributed by atoms with Crippen LogP contribution in [0.15, 0.2) is 24.3 Å². The van der Waals surface area contributed by atoms with E-state index in [0.29, 0.717) is 44.0 Å². The van der Waals surface area contributed by atoms with Crippen LogP contribution < -0.4 is 0 Å². The van der Waals surface area contributed by atoms with Crippen molar-refractivity contribution >= 4 is 27.5 Å². The Morgan fingerprint density at radius 3 is 2.24 bits per heavy atom. The van der Waals surface area contributed by atoms with E-state index in [-0.39, 0.29) is 5.91 Å². The lowest BCUT2D eigenvalue weighted by Crippen LogP contribution is -2.50. The van der Waals surface area contributed by atoms with Crippen molar-refractivity contribution < 1.29 is 13.2 Å². The van der Waals surface area contributed by atoms with Crippen LogP contribution in [0.3, 0.4) is 0 Å². The van der Waals surface area contributed by atoms with Gasteiger partial charge in [0.1, 0.15) is 0 Å². The molecule has 1 heterocycles. The zero-order valence-electron chi connectivity index (χ0n) is 12.0. The summed E-state index contributed by atoms with van der Waals surface area (Å²) in [6.07, 6.45) is 2.30. The molecule has 1 amide bonds. The molecule has 21 heavy (non-hydrogen) atoms. The van der Waals surface area contributed by atoms with Gasteiger partial charge in [0.2, 0.25) is 15.9 Å². The zero-order valence-corrected chi connectivity index (χ0v) is 13.5. The molecule has 7 heteroatoms. The van der Waals surface area contributed by atoms with Crippen LogP contribution in [0.5, 0.6) is 0 Å². The summed E-state index contributed by atoms with van der Waals surface area (Å²) in [6.45, 7) is 1.69. The van der Waals surface area contributed by atoms with Crippen LogP contribution in [0, 0.1) is 0 Å². The highest BCUT2D eigenvalue weighted by molar-refractivity contribution is 7.88. The highest BCUT2D eigenvalue weighted by Crippen LogP contribution is 2.13. The van der Waals surface area contributed by atoms with Crippen molar-refractivity contribution in [3.8, 4) is 0 Å². The second-order valence-electron chi connectivity index (χ2n) is 5.17. The van der Waals surface area contributed by atoms with E-state index in [4.69, 9.17) is 11.6 Å². The molecule has 0 saturated carbocycles. The van der Waals surface area contributed by atoms with Gasteiger partial charge in [-0.05, 0) is 24.1 Å². The molecule has 116 valence electrons. The zero-order chi connectivity index (χ0) is 15.5. The van der Waals surface area contributed by atoms with Crippen molar-refractivity contribution in [2.45, 2.75) is 12.8 Å². The van der Waals surface area contributed by atoms with Crippen LogP contribution >= 0.6 is 11.6 Å². The van der Waals surface area contributed by atoms with Gasteiger partial charge in [0.05, 0.1) is 6.26 Å². The molecular formula is C14H19ClN2O3S. The van der Waals surface area contributed by atoms with Gasteiger partial charge in [-0.1, -0.05) is 23.7 Å². The summed E-state index contributed by atoms with van der Waals surface area (Å²) in [5.41, 5.74) is 1.07. The Morgan fingerprint density at radius 1 is 1.14 bits per heavy atom. The topological polar surface area (TPSA) is 57.7 Å². The molecule has 1 aromatic carbocycles. The first kappa shape index (κ1) is 16.3. The van der Waals surface area contributed by atoms with Crippen molar-refractivity contribution in [3.63, 3.8) is 0 Å². The van der Waals surface area contributed by atoms with E-state index in [1.807, 2.05) is 24.3 Å². The quantitative estimate of drug-likeness (QED) is 0.838. The molecule has 0 N–H and O–H groups in total. The summed E-state index contributed by atoms with van der Waals surface area (Å²) in [4.78, 5) is 13.9. The van der Waals surface area contributed by atoms with Crippen molar-refractivity contribution in [1.29, 1.82) is 0 Å². The Kier molecular flexibility index (Phi) is 5.24. The van der Waals surface area contributed by atoms with Gasteiger partial charge in [-0.25, -0.2) is 8.42 Å². The lowest BCUT2D eigenvalue weighted by molar-refractivity contribution is -0.132. The monoisotopic (exact) mass is 330 g/mol. The third-order valence-electron chi connectivity index (χ3n) is 3.60. The van der Waals surface area contributed by atoms with Crippen LogP contribution in [0.2, 0.25) is 5.02 Å². The molecule has 0 spiro atoms. The first-order chi connectivity index (χ1) is 9.86. The summed E-state index contributed by atoms with van der Waals surface area (Å²) in [5, 5.41) is 0.682. The SMILES string of the molecule is CS(=O)(=O)N1CCN(C(=O)CCc2ccc(Cl)cc2)CC1. The Bertz CT molecular complexity index is 593. The molecule has 0 radical (unpaired) electrons. The van der Waals surface area contributed by atoms with Crippen LogP contribution in [0.25, 0.3) is 0 Å². The number of hydrogen-bond donors (Lipinski definition) is 0. The Morgan fingerprint density at radius 2 is 1.71 bits per heavy atom. The van der Waals surface area contributed by atoms with Gasteiger partial charge in [-0.3, -0.25) is 4.79 Å². The molecule has 2 rings (SSSR count). The summed E-state index contributed by atoms with van der Waals surface area (Å²) in [6, 6.07) is 7.45. The van der Waals surface area contributed by atoms with Crippen molar-refractivity contribution in [2.75, 3.05) is 32.4 Å². The van der Waals surface area contributed by atoms with E-state index in [1.54, 1.807) is 4.90 Å². The number of amides is 1. The second kappa shape index (κ2) is 6.77. The van der Waals surface area contributed by atoms with Gasteiger partial charge in [-0.15, -0.1) is 0 Å². The van der Waals surface area contributed by atoms with Gasteiger partial charge in [-0.2, -0.15) is 4.31 Å². The predicted octanol–water partition coefficient (Wildman–Crippen LogP) is 1.38. The highest BCUT2D eigenvalue weighted by atomic mass is 35.5. The van der Waals surface area contributed by atoms with Crippen molar-refractivity contribution in [1.82, 2.24) is 9.21 Å². The van der Waals surface area contributed by atoms with Gasteiger partial charge in [0.25, 0.3) is 0 Å². The highest BCUT2D eigenvalue weighted by Gasteiger charge is 2.25. The smallest absolute Gasteiger partial charge is 0.222 e.